The van der Waals surface area contributed by atoms with Crippen LogP contribution in [0.2, 0.25) is 18.1 Å². The van der Waals surface area contributed by atoms with Crippen molar-refractivity contribution in [2.45, 2.75) is 116 Å². The molecule has 0 bridgehead atoms. The Morgan fingerprint density at radius 3 is 2.22 bits per heavy atom. The highest BCUT2D eigenvalue weighted by Crippen LogP contribution is 2.42. The fourth-order valence-corrected chi connectivity index (χ4v) is 8.07. The topological polar surface area (TPSA) is 24.9 Å². The minimum Gasteiger partial charge on any atom is -0.543 e. The van der Waals surface area contributed by atoms with Crippen LogP contribution in [-0.2, 0) is 25.8 Å². The quantitative estimate of drug-likeness (QED) is 0.184. The molecule has 3 aromatic rings. The van der Waals surface area contributed by atoms with Gasteiger partial charge in [-0.3, -0.25) is 0 Å². The SMILES string of the molecule is CCN(Cc1ccc(CCCN2CCCCCC2)cc1)c1cc(OC)ccc1C1CCc2cc(O[Si](C)(C)C(C)(C)C)ccc2C1. The molecule has 1 heterocycles. The third-order valence-electron chi connectivity index (χ3n) is 11.0. The highest BCUT2D eigenvalue weighted by molar-refractivity contribution is 6.74. The lowest BCUT2D eigenvalue weighted by Crippen LogP contribution is -2.43. The summed E-state index contributed by atoms with van der Waals surface area (Å²) in [7, 11) is -0.0810. The van der Waals surface area contributed by atoms with Crippen LogP contribution in [0.5, 0.6) is 11.5 Å². The highest BCUT2D eigenvalue weighted by Gasteiger charge is 2.39. The summed E-state index contributed by atoms with van der Waals surface area (Å²) in [5, 5.41) is 0.193. The summed E-state index contributed by atoms with van der Waals surface area (Å²) in [6.07, 6.45) is 11.3. The van der Waals surface area contributed by atoms with E-state index < -0.39 is 8.32 Å². The van der Waals surface area contributed by atoms with Crippen molar-refractivity contribution in [1.29, 1.82) is 0 Å². The number of hydrogen-bond donors (Lipinski definition) is 0. The molecule has 1 unspecified atom stereocenters. The Morgan fingerprint density at radius 1 is 0.848 bits per heavy atom. The second-order valence-electron chi connectivity index (χ2n) is 15.3. The van der Waals surface area contributed by atoms with E-state index in [1.54, 1.807) is 7.11 Å². The number of benzene rings is 3. The predicted molar refractivity (Wildman–Crippen MR) is 198 cm³/mol. The van der Waals surface area contributed by atoms with Gasteiger partial charge >= 0.3 is 0 Å². The van der Waals surface area contributed by atoms with Crippen LogP contribution in [0.1, 0.15) is 100.0 Å². The first-order valence-corrected chi connectivity index (χ1v) is 21.0. The van der Waals surface area contributed by atoms with Crippen LogP contribution in [0.4, 0.5) is 5.69 Å². The maximum absolute atomic E-state index is 6.66. The van der Waals surface area contributed by atoms with Crippen LogP contribution in [0.3, 0.4) is 0 Å². The molecule has 0 aromatic heterocycles. The minimum absolute atomic E-state index is 0.193. The van der Waals surface area contributed by atoms with E-state index in [0.717, 1.165) is 43.9 Å². The molecule has 1 aliphatic heterocycles. The molecule has 1 aliphatic carbocycles. The Morgan fingerprint density at radius 2 is 1.54 bits per heavy atom. The number of ether oxygens (including phenoxy) is 1. The van der Waals surface area contributed by atoms with Crippen molar-refractivity contribution in [1.82, 2.24) is 4.90 Å². The predicted octanol–water partition coefficient (Wildman–Crippen LogP) is 10.2. The van der Waals surface area contributed by atoms with Gasteiger partial charge in [-0.25, -0.2) is 0 Å². The first-order chi connectivity index (χ1) is 22.1. The number of anilines is 1. The Hall–Kier alpha value is -2.76. The second-order valence-corrected chi connectivity index (χ2v) is 20.1. The van der Waals surface area contributed by atoms with Crippen LogP contribution in [0.15, 0.2) is 60.7 Å². The minimum atomic E-state index is -1.86. The van der Waals surface area contributed by atoms with E-state index in [4.69, 9.17) is 9.16 Å². The van der Waals surface area contributed by atoms with Crippen molar-refractivity contribution in [3.63, 3.8) is 0 Å². The zero-order valence-corrected chi connectivity index (χ0v) is 31.0. The summed E-state index contributed by atoms with van der Waals surface area (Å²) < 4.78 is 12.4. The summed E-state index contributed by atoms with van der Waals surface area (Å²) >= 11 is 0. The van der Waals surface area contributed by atoms with E-state index in [1.165, 1.54) is 91.7 Å². The Bertz CT molecular complexity index is 1400. The van der Waals surface area contributed by atoms with E-state index in [1.807, 2.05) is 0 Å². The van der Waals surface area contributed by atoms with E-state index in [9.17, 15) is 0 Å². The van der Waals surface area contributed by atoms with Gasteiger partial charge in [-0.15, -0.1) is 0 Å². The van der Waals surface area contributed by atoms with Crippen LogP contribution in [-0.4, -0.2) is 46.5 Å². The second kappa shape index (κ2) is 15.4. The van der Waals surface area contributed by atoms with E-state index in [2.05, 4.69) is 111 Å². The average molecular weight is 641 g/mol. The van der Waals surface area contributed by atoms with Gasteiger partial charge in [0.05, 0.1) is 7.11 Å². The van der Waals surface area contributed by atoms with E-state index in [0.29, 0.717) is 5.92 Å². The van der Waals surface area contributed by atoms with Crippen molar-refractivity contribution in [2.24, 2.45) is 0 Å². The Kier molecular flexibility index (Phi) is 11.6. The number of rotatable bonds is 12. The number of aryl methyl sites for hydroxylation is 2. The smallest absolute Gasteiger partial charge is 0.250 e. The molecular weight excluding hydrogens is 581 g/mol. The molecule has 1 fully saturated rings. The zero-order valence-electron chi connectivity index (χ0n) is 30.0. The third kappa shape index (κ3) is 8.77. The standard InChI is InChI=1S/C41H60N2O2Si/c1-8-43(31-33-17-15-32(16-18-33)14-13-27-42-25-11-9-10-12-26-42)40-30-37(44-5)23-24-39(40)36-20-19-35-29-38(22-21-34(35)28-36)45-46(6,7)41(2,3)4/h15-18,21-24,29-30,36H,8-14,19-20,25-28,31H2,1-7H3. The molecular formula is C41H60N2O2Si. The molecule has 250 valence electrons. The number of likely N-dealkylation sites (tertiary alicyclic amines) is 1. The molecule has 2 aliphatic rings. The zero-order chi connectivity index (χ0) is 32.7. The number of nitrogens with zero attached hydrogens (tertiary/aromatic N) is 2. The molecule has 3 aromatic carbocycles. The monoisotopic (exact) mass is 640 g/mol. The van der Waals surface area contributed by atoms with Crippen LogP contribution < -0.4 is 14.1 Å². The highest BCUT2D eigenvalue weighted by atomic mass is 28.4. The van der Waals surface area contributed by atoms with Crippen molar-refractivity contribution >= 4 is 14.0 Å². The van der Waals surface area contributed by atoms with Gasteiger partial charge in [0.2, 0.25) is 8.32 Å². The maximum atomic E-state index is 6.66. The van der Waals surface area contributed by atoms with E-state index in [-0.39, 0.29) is 5.04 Å². The fourth-order valence-electron chi connectivity index (χ4n) is 7.04. The lowest BCUT2D eigenvalue weighted by molar-refractivity contribution is 0.281. The average Bonchev–Trinajstić information content (AvgIpc) is 3.32. The van der Waals surface area contributed by atoms with Crippen molar-refractivity contribution < 1.29 is 9.16 Å². The molecule has 5 rings (SSSR count). The van der Waals surface area contributed by atoms with Gasteiger partial charge in [0.1, 0.15) is 11.5 Å². The summed E-state index contributed by atoms with van der Waals surface area (Å²) in [6.45, 7) is 19.5. The molecule has 1 saturated heterocycles. The third-order valence-corrected chi connectivity index (χ3v) is 15.4. The van der Waals surface area contributed by atoms with Gasteiger partial charge in [0.25, 0.3) is 0 Å². The normalized spacial score (nSPS) is 17.7. The van der Waals surface area contributed by atoms with E-state index >= 15 is 0 Å². The molecule has 1 atom stereocenters. The fraction of sp³-hybridized carbons (Fsp3) is 0.561. The first kappa shape index (κ1) is 34.6. The molecule has 0 N–H and O–H groups in total. The molecule has 0 radical (unpaired) electrons. The van der Waals surface area contributed by atoms with Crippen LogP contribution in [0, 0.1) is 0 Å². The molecule has 46 heavy (non-hydrogen) atoms. The van der Waals surface area contributed by atoms with Crippen molar-refractivity contribution in [3.05, 3.63) is 88.5 Å². The lowest BCUT2D eigenvalue weighted by atomic mass is 9.79. The summed E-state index contributed by atoms with van der Waals surface area (Å²) in [5.41, 5.74) is 8.52. The molecule has 0 spiro atoms. The number of fused-ring (bicyclic) bond motifs is 1. The van der Waals surface area contributed by atoms with Gasteiger partial charge in [0, 0.05) is 24.8 Å². The first-order valence-electron chi connectivity index (χ1n) is 18.1. The maximum Gasteiger partial charge on any atom is 0.250 e. The molecule has 4 nitrogen and oxygen atoms in total. The Labute approximate surface area is 281 Å². The summed E-state index contributed by atoms with van der Waals surface area (Å²) in [6, 6.07) is 23.0. The molecule has 0 amide bonds. The Balaban J connectivity index is 1.26. The van der Waals surface area contributed by atoms with Crippen molar-refractivity contribution in [2.75, 3.05) is 38.2 Å². The number of methoxy groups -OCH3 is 1. The molecule has 5 heteroatoms. The van der Waals surface area contributed by atoms with Crippen LogP contribution in [0.25, 0.3) is 0 Å². The number of hydrogen-bond acceptors (Lipinski definition) is 4. The van der Waals surface area contributed by atoms with Gasteiger partial charge < -0.3 is 19.0 Å². The molecule has 0 saturated carbocycles. The van der Waals surface area contributed by atoms with Gasteiger partial charge in [0.15, 0.2) is 0 Å². The van der Waals surface area contributed by atoms with Gasteiger partial charge in [-0.2, -0.15) is 0 Å². The van der Waals surface area contributed by atoms with Gasteiger partial charge in [-0.1, -0.05) is 70.0 Å². The summed E-state index contributed by atoms with van der Waals surface area (Å²) in [5.74, 6) is 2.47. The lowest BCUT2D eigenvalue weighted by Gasteiger charge is -2.37. The largest absolute Gasteiger partial charge is 0.543 e. The van der Waals surface area contributed by atoms with Gasteiger partial charge in [-0.05, 0) is 142 Å². The summed E-state index contributed by atoms with van der Waals surface area (Å²) in [4.78, 5) is 5.22. The van der Waals surface area contributed by atoms with Crippen LogP contribution >= 0.6 is 0 Å². The van der Waals surface area contributed by atoms with Crippen molar-refractivity contribution in [3.8, 4) is 11.5 Å².